The Hall–Kier alpha value is -0.680. The zero-order chi connectivity index (χ0) is 11.8. The molecule has 0 N–H and O–H groups in total. The molecule has 1 saturated heterocycles. The number of aromatic nitrogens is 1. The van der Waals surface area contributed by atoms with Crippen LogP contribution in [-0.4, -0.2) is 36.7 Å². The van der Waals surface area contributed by atoms with Gasteiger partial charge in [-0.2, -0.15) is 0 Å². The van der Waals surface area contributed by atoms with Crippen LogP contribution in [0.25, 0.3) is 10.2 Å². The van der Waals surface area contributed by atoms with Gasteiger partial charge in [0.15, 0.2) is 0 Å². The number of hydrogen-bond donors (Lipinski definition) is 0. The van der Waals surface area contributed by atoms with Gasteiger partial charge in [0.2, 0.25) is 0 Å². The Morgan fingerprint density at radius 1 is 1.53 bits per heavy atom. The monoisotopic (exact) mass is 268 g/mol. The third-order valence-electron chi connectivity index (χ3n) is 3.05. The predicted molar refractivity (Wildman–Crippen MR) is 70.8 cm³/mol. The summed E-state index contributed by atoms with van der Waals surface area (Å²) < 4.78 is 6.71. The van der Waals surface area contributed by atoms with Crippen molar-refractivity contribution in [2.75, 3.05) is 26.8 Å². The minimum atomic E-state index is 0.278. The second kappa shape index (κ2) is 4.53. The van der Waals surface area contributed by atoms with E-state index in [1.54, 1.807) is 11.3 Å². The summed E-state index contributed by atoms with van der Waals surface area (Å²) in [4.78, 5) is 6.95. The molecule has 2 heterocycles. The second-order valence-electron chi connectivity index (χ2n) is 4.24. The second-order valence-corrected chi connectivity index (χ2v) is 5.73. The fourth-order valence-corrected chi connectivity index (χ4v) is 3.27. The molecule has 0 saturated carbocycles. The first kappa shape index (κ1) is 11.4. The molecule has 3 rings (SSSR count). The number of thiazole rings is 1. The number of morpholine rings is 1. The summed E-state index contributed by atoms with van der Waals surface area (Å²) in [6.45, 7) is 2.50. The number of fused-ring (bicyclic) bond motifs is 1. The zero-order valence-corrected chi connectivity index (χ0v) is 11.1. The Balaban J connectivity index is 1.99. The number of nitrogens with zero attached hydrogens (tertiary/aromatic N) is 2. The molecular weight excluding hydrogens is 256 g/mol. The molecule has 90 valence electrons. The Morgan fingerprint density at radius 3 is 3.24 bits per heavy atom. The van der Waals surface area contributed by atoms with Gasteiger partial charge in [-0.3, -0.25) is 4.90 Å². The normalized spacial score (nSPS) is 22.1. The lowest BCUT2D eigenvalue weighted by atomic mass is 10.2. The highest BCUT2D eigenvalue weighted by molar-refractivity contribution is 7.18. The van der Waals surface area contributed by atoms with Gasteiger partial charge in [0.1, 0.15) is 5.01 Å². The Morgan fingerprint density at radius 2 is 2.41 bits per heavy atom. The van der Waals surface area contributed by atoms with Gasteiger partial charge in [0.25, 0.3) is 0 Å². The van der Waals surface area contributed by atoms with E-state index in [1.807, 2.05) is 18.2 Å². The number of ether oxygens (including phenoxy) is 1. The highest BCUT2D eigenvalue weighted by Crippen LogP contribution is 2.31. The van der Waals surface area contributed by atoms with E-state index in [0.29, 0.717) is 0 Å². The molecule has 0 amide bonds. The van der Waals surface area contributed by atoms with Crippen molar-refractivity contribution in [1.82, 2.24) is 9.88 Å². The molecule has 0 aliphatic carbocycles. The number of halogens is 1. The van der Waals surface area contributed by atoms with Crippen LogP contribution in [0.15, 0.2) is 18.2 Å². The molecule has 3 nitrogen and oxygen atoms in total. The third-order valence-corrected chi connectivity index (χ3v) is 4.42. The van der Waals surface area contributed by atoms with Crippen molar-refractivity contribution in [3.63, 3.8) is 0 Å². The van der Waals surface area contributed by atoms with E-state index in [-0.39, 0.29) is 6.04 Å². The van der Waals surface area contributed by atoms with E-state index in [0.717, 1.165) is 35.3 Å². The van der Waals surface area contributed by atoms with Crippen LogP contribution in [0.1, 0.15) is 11.0 Å². The number of likely N-dealkylation sites (N-methyl/N-ethyl adjacent to an activating group) is 1. The molecule has 1 aliphatic heterocycles. The number of hydrogen-bond acceptors (Lipinski definition) is 4. The van der Waals surface area contributed by atoms with Crippen molar-refractivity contribution in [3.05, 3.63) is 28.2 Å². The summed E-state index contributed by atoms with van der Waals surface area (Å²) in [6.07, 6.45) is 0. The van der Waals surface area contributed by atoms with Crippen LogP contribution in [0, 0.1) is 0 Å². The summed E-state index contributed by atoms with van der Waals surface area (Å²) in [5.41, 5.74) is 0.983. The minimum Gasteiger partial charge on any atom is -0.378 e. The van der Waals surface area contributed by atoms with Crippen molar-refractivity contribution < 1.29 is 4.74 Å². The topological polar surface area (TPSA) is 25.4 Å². The van der Waals surface area contributed by atoms with Crippen molar-refractivity contribution in [1.29, 1.82) is 0 Å². The van der Waals surface area contributed by atoms with Crippen molar-refractivity contribution in [2.45, 2.75) is 6.04 Å². The van der Waals surface area contributed by atoms with Crippen LogP contribution in [0.5, 0.6) is 0 Å². The maximum Gasteiger partial charge on any atom is 0.113 e. The first-order chi connectivity index (χ1) is 8.24. The van der Waals surface area contributed by atoms with Crippen molar-refractivity contribution >= 4 is 33.2 Å². The van der Waals surface area contributed by atoms with Crippen LogP contribution in [-0.2, 0) is 4.74 Å². The van der Waals surface area contributed by atoms with Crippen LogP contribution in [0.3, 0.4) is 0 Å². The SMILES string of the molecule is CN1CCOCC1c1nc2cc(Cl)ccc2s1. The molecule has 1 unspecified atom stereocenters. The molecule has 0 bridgehead atoms. The molecular formula is C12H13ClN2OS. The molecule has 5 heteroatoms. The summed E-state index contributed by atoms with van der Waals surface area (Å²) in [6, 6.07) is 6.13. The van der Waals surface area contributed by atoms with Gasteiger partial charge in [0, 0.05) is 11.6 Å². The highest BCUT2D eigenvalue weighted by Gasteiger charge is 2.24. The van der Waals surface area contributed by atoms with E-state index in [2.05, 4.69) is 16.9 Å². The fraction of sp³-hybridized carbons (Fsp3) is 0.417. The molecule has 1 aromatic heterocycles. The molecule has 0 radical (unpaired) electrons. The smallest absolute Gasteiger partial charge is 0.113 e. The molecule has 17 heavy (non-hydrogen) atoms. The minimum absolute atomic E-state index is 0.278. The van der Waals surface area contributed by atoms with Gasteiger partial charge in [-0.25, -0.2) is 4.98 Å². The van der Waals surface area contributed by atoms with Gasteiger partial charge in [0.05, 0.1) is 29.5 Å². The molecule has 1 atom stereocenters. The standard InChI is InChI=1S/C12H13ClN2OS/c1-15-4-5-16-7-10(15)12-14-9-6-8(13)2-3-11(9)17-12/h2-3,6,10H,4-5,7H2,1H3. The summed E-state index contributed by atoms with van der Waals surface area (Å²) in [5, 5.41) is 1.85. The average molecular weight is 269 g/mol. The lowest BCUT2D eigenvalue weighted by molar-refractivity contribution is 0.00506. The van der Waals surface area contributed by atoms with Crippen LogP contribution in [0.4, 0.5) is 0 Å². The van der Waals surface area contributed by atoms with E-state index in [4.69, 9.17) is 16.3 Å². The number of rotatable bonds is 1. The summed E-state index contributed by atoms with van der Waals surface area (Å²) >= 11 is 7.70. The van der Waals surface area contributed by atoms with Gasteiger partial charge in [-0.05, 0) is 25.2 Å². The molecule has 1 fully saturated rings. The van der Waals surface area contributed by atoms with Crippen molar-refractivity contribution in [3.8, 4) is 0 Å². The zero-order valence-electron chi connectivity index (χ0n) is 9.52. The van der Waals surface area contributed by atoms with Gasteiger partial charge >= 0.3 is 0 Å². The van der Waals surface area contributed by atoms with Crippen molar-refractivity contribution in [2.24, 2.45) is 0 Å². The van der Waals surface area contributed by atoms with Gasteiger partial charge in [-0.15, -0.1) is 11.3 Å². The van der Waals surface area contributed by atoms with Crippen LogP contribution in [0.2, 0.25) is 5.02 Å². The number of benzene rings is 1. The van der Waals surface area contributed by atoms with Crippen LogP contribution >= 0.6 is 22.9 Å². The molecule has 1 aliphatic rings. The van der Waals surface area contributed by atoms with E-state index >= 15 is 0 Å². The van der Waals surface area contributed by atoms with Crippen LogP contribution < -0.4 is 0 Å². The first-order valence-corrected chi connectivity index (χ1v) is 6.77. The maximum atomic E-state index is 5.97. The van der Waals surface area contributed by atoms with Gasteiger partial charge < -0.3 is 4.74 Å². The van der Waals surface area contributed by atoms with Gasteiger partial charge in [-0.1, -0.05) is 11.6 Å². The summed E-state index contributed by atoms with van der Waals surface area (Å²) in [5.74, 6) is 0. The Kier molecular flexibility index (Phi) is 3.04. The van der Waals surface area contributed by atoms with E-state index in [9.17, 15) is 0 Å². The summed E-state index contributed by atoms with van der Waals surface area (Å²) in [7, 11) is 2.12. The average Bonchev–Trinajstić information content (AvgIpc) is 2.72. The quantitative estimate of drug-likeness (QED) is 0.795. The Labute approximate surface area is 109 Å². The van der Waals surface area contributed by atoms with E-state index in [1.165, 1.54) is 4.70 Å². The van der Waals surface area contributed by atoms with E-state index < -0.39 is 0 Å². The first-order valence-electron chi connectivity index (χ1n) is 5.58. The Bertz CT molecular complexity index is 542. The molecule has 2 aromatic rings. The predicted octanol–water partition coefficient (Wildman–Crippen LogP) is 2.95. The maximum absolute atomic E-state index is 5.97. The lowest BCUT2D eigenvalue weighted by Gasteiger charge is -2.30. The third kappa shape index (κ3) is 2.18. The molecule has 0 spiro atoms. The molecule has 1 aromatic carbocycles. The highest BCUT2D eigenvalue weighted by atomic mass is 35.5. The lowest BCUT2D eigenvalue weighted by Crippen LogP contribution is -2.36. The largest absolute Gasteiger partial charge is 0.378 e. The fourth-order valence-electron chi connectivity index (χ4n) is 2.01.